The van der Waals surface area contributed by atoms with Crippen LogP contribution < -0.4 is 0 Å². The van der Waals surface area contributed by atoms with Gasteiger partial charge in [-0.25, -0.2) is 8.42 Å². The Morgan fingerprint density at radius 2 is 2.00 bits per heavy atom. The van der Waals surface area contributed by atoms with Crippen molar-refractivity contribution in [3.63, 3.8) is 0 Å². The highest BCUT2D eigenvalue weighted by atomic mass is 79.9. The minimum Gasteiger partial charge on any atom is -0.454 e. The Morgan fingerprint density at radius 1 is 1.31 bits per heavy atom. The van der Waals surface area contributed by atoms with E-state index in [0.29, 0.717) is 17.5 Å². The number of aryl methyl sites for hydroxylation is 2. The number of furan rings is 1. The lowest BCUT2D eigenvalue weighted by atomic mass is 10.2. The second kappa shape index (κ2) is 3.13. The quantitative estimate of drug-likeness (QED) is 0.715. The van der Waals surface area contributed by atoms with Crippen molar-refractivity contribution in [3.05, 3.63) is 22.1 Å². The Balaban J connectivity index is 2.34. The second-order valence-electron chi connectivity index (χ2n) is 3.15. The molecule has 0 N–H and O–H groups in total. The molecule has 2 rings (SSSR count). The van der Waals surface area contributed by atoms with Gasteiger partial charge >= 0.3 is 0 Å². The van der Waals surface area contributed by atoms with Gasteiger partial charge < -0.3 is 4.42 Å². The summed E-state index contributed by atoms with van der Waals surface area (Å²) in [6.45, 7) is 0. The normalized spacial score (nSPS) is 20.7. The maximum Gasteiger partial charge on any atom is 0.169 e. The summed E-state index contributed by atoms with van der Waals surface area (Å²) in [5, 5.41) is 0. The van der Waals surface area contributed by atoms with Gasteiger partial charge in [-0.1, -0.05) is 0 Å². The van der Waals surface area contributed by atoms with Gasteiger partial charge in [-0.15, -0.1) is 0 Å². The molecule has 1 aliphatic heterocycles. The Bertz CT molecular complexity index is 387. The maximum atomic E-state index is 11.3. The van der Waals surface area contributed by atoms with E-state index >= 15 is 0 Å². The van der Waals surface area contributed by atoms with E-state index in [9.17, 15) is 8.42 Å². The molecule has 72 valence electrons. The molecule has 5 heteroatoms. The minimum absolute atomic E-state index is 0.208. The molecular formula is C8H9BrO3S. The van der Waals surface area contributed by atoms with E-state index in [2.05, 4.69) is 15.9 Å². The molecule has 0 spiro atoms. The van der Waals surface area contributed by atoms with Crippen molar-refractivity contribution >= 4 is 25.8 Å². The Morgan fingerprint density at radius 3 is 2.77 bits per heavy atom. The van der Waals surface area contributed by atoms with Crippen LogP contribution in [0.2, 0.25) is 0 Å². The molecule has 0 amide bonds. The van der Waals surface area contributed by atoms with Gasteiger partial charge in [-0.2, -0.15) is 0 Å². The predicted molar refractivity (Wildman–Crippen MR) is 52.5 cm³/mol. The molecular weight excluding hydrogens is 256 g/mol. The number of fused-ring (bicyclic) bond motifs is 1. The third kappa shape index (κ3) is 1.96. The third-order valence-electron chi connectivity index (χ3n) is 2.19. The van der Waals surface area contributed by atoms with E-state index in [1.807, 2.05) is 6.07 Å². The van der Waals surface area contributed by atoms with Crippen molar-refractivity contribution in [1.29, 1.82) is 0 Å². The van der Waals surface area contributed by atoms with Crippen LogP contribution in [0.5, 0.6) is 0 Å². The smallest absolute Gasteiger partial charge is 0.169 e. The molecule has 1 aliphatic rings. The summed E-state index contributed by atoms with van der Waals surface area (Å²) in [7, 11) is -2.84. The molecule has 0 aromatic carbocycles. The summed E-state index contributed by atoms with van der Waals surface area (Å²) in [5.74, 6) is 1.26. The average Bonchev–Trinajstić information content (AvgIpc) is 2.34. The molecule has 1 aromatic heterocycles. The highest BCUT2D eigenvalue weighted by Crippen LogP contribution is 2.24. The first kappa shape index (κ1) is 9.27. The zero-order valence-corrected chi connectivity index (χ0v) is 9.32. The van der Waals surface area contributed by atoms with Gasteiger partial charge in [0.05, 0.1) is 11.5 Å². The number of sulfone groups is 1. The lowest BCUT2D eigenvalue weighted by molar-refractivity contribution is 0.491. The van der Waals surface area contributed by atoms with Crippen molar-refractivity contribution in [2.24, 2.45) is 0 Å². The van der Waals surface area contributed by atoms with Gasteiger partial charge in [0.15, 0.2) is 14.5 Å². The van der Waals surface area contributed by atoms with E-state index in [1.165, 1.54) is 0 Å². The summed E-state index contributed by atoms with van der Waals surface area (Å²) in [6.07, 6.45) is 1.08. The summed E-state index contributed by atoms with van der Waals surface area (Å²) in [4.78, 5) is 0. The van der Waals surface area contributed by atoms with E-state index < -0.39 is 9.84 Å². The van der Waals surface area contributed by atoms with Crippen LogP contribution in [-0.2, 0) is 22.7 Å². The minimum atomic E-state index is -2.84. The molecule has 0 aliphatic carbocycles. The summed E-state index contributed by atoms with van der Waals surface area (Å²) >= 11 is 3.23. The Kier molecular flexibility index (Phi) is 2.23. The van der Waals surface area contributed by atoms with E-state index in [-0.39, 0.29) is 11.5 Å². The van der Waals surface area contributed by atoms with E-state index in [1.54, 1.807) is 0 Å². The third-order valence-corrected chi connectivity index (χ3v) is 4.23. The van der Waals surface area contributed by atoms with Crippen LogP contribution in [0, 0.1) is 0 Å². The maximum absolute atomic E-state index is 11.3. The van der Waals surface area contributed by atoms with E-state index in [0.717, 1.165) is 11.3 Å². The lowest BCUT2D eigenvalue weighted by Crippen LogP contribution is -2.10. The van der Waals surface area contributed by atoms with Gasteiger partial charge in [0.2, 0.25) is 0 Å². The van der Waals surface area contributed by atoms with Gasteiger partial charge in [-0.05, 0) is 34.0 Å². The largest absolute Gasteiger partial charge is 0.454 e. The highest BCUT2D eigenvalue weighted by Gasteiger charge is 2.21. The standard InChI is InChI=1S/C8H9BrO3S/c9-8-5-6-1-3-13(10,11)4-2-7(6)12-8/h5H,1-4H2. The zero-order chi connectivity index (χ0) is 9.47. The predicted octanol–water partition coefficient (Wildman–Crippen LogP) is 1.56. The van der Waals surface area contributed by atoms with Crippen molar-refractivity contribution in [2.75, 3.05) is 11.5 Å². The summed E-state index contributed by atoms with van der Waals surface area (Å²) in [5.41, 5.74) is 1.02. The number of halogens is 1. The SMILES string of the molecule is O=S1(=O)CCc2cc(Br)oc2CC1. The van der Waals surface area contributed by atoms with Gasteiger partial charge in [0.25, 0.3) is 0 Å². The zero-order valence-electron chi connectivity index (χ0n) is 6.92. The first-order chi connectivity index (χ1) is 6.07. The molecule has 0 unspecified atom stereocenters. The number of rotatable bonds is 0. The fourth-order valence-electron chi connectivity index (χ4n) is 1.47. The van der Waals surface area contributed by atoms with Crippen LogP contribution in [0.25, 0.3) is 0 Å². The lowest BCUT2D eigenvalue weighted by Gasteiger charge is -1.95. The van der Waals surface area contributed by atoms with E-state index in [4.69, 9.17) is 4.42 Å². The van der Waals surface area contributed by atoms with Gasteiger partial charge in [-0.3, -0.25) is 0 Å². The number of hydrogen-bond acceptors (Lipinski definition) is 3. The molecule has 0 fully saturated rings. The van der Waals surface area contributed by atoms with Gasteiger partial charge in [0, 0.05) is 6.42 Å². The molecule has 1 aromatic rings. The van der Waals surface area contributed by atoms with Crippen molar-refractivity contribution in [2.45, 2.75) is 12.8 Å². The van der Waals surface area contributed by atoms with Crippen LogP contribution in [0.15, 0.2) is 15.2 Å². The van der Waals surface area contributed by atoms with Crippen molar-refractivity contribution in [3.8, 4) is 0 Å². The van der Waals surface area contributed by atoms with Crippen LogP contribution in [-0.4, -0.2) is 19.9 Å². The Hall–Kier alpha value is -0.290. The molecule has 0 saturated heterocycles. The Labute approximate surface area is 85.2 Å². The monoisotopic (exact) mass is 264 g/mol. The molecule has 13 heavy (non-hydrogen) atoms. The topological polar surface area (TPSA) is 47.3 Å². The summed E-state index contributed by atoms with van der Waals surface area (Å²) < 4.78 is 28.6. The molecule has 3 nitrogen and oxygen atoms in total. The fraction of sp³-hybridized carbons (Fsp3) is 0.500. The first-order valence-electron chi connectivity index (χ1n) is 4.04. The van der Waals surface area contributed by atoms with Crippen LogP contribution in [0.3, 0.4) is 0 Å². The molecule has 2 heterocycles. The molecule has 0 radical (unpaired) electrons. The fourth-order valence-corrected chi connectivity index (χ4v) is 3.17. The molecule has 0 atom stereocenters. The van der Waals surface area contributed by atoms with Crippen molar-refractivity contribution < 1.29 is 12.8 Å². The molecule has 0 bridgehead atoms. The highest BCUT2D eigenvalue weighted by molar-refractivity contribution is 9.10. The first-order valence-corrected chi connectivity index (χ1v) is 6.66. The van der Waals surface area contributed by atoms with Crippen molar-refractivity contribution in [1.82, 2.24) is 0 Å². The van der Waals surface area contributed by atoms with Crippen LogP contribution in [0.1, 0.15) is 11.3 Å². The average molecular weight is 265 g/mol. The molecule has 0 saturated carbocycles. The van der Waals surface area contributed by atoms with Crippen LogP contribution >= 0.6 is 15.9 Å². The van der Waals surface area contributed by atoms with Crippen LogP contribution in [0.4, 0.5) is 0 Å². The summed E-state index contributed by atoms with van der Waals surface area (Å²) in [6, 6.07) is 1.86. The van der Waals surface area contributed by atoms with Gasteiger partial charge in [0.1, 0.15) is 5.76 Å². The second-order valence-corrected chi connectivity index (χ2v) is 6.24. The number of hydrogen-bond donors (Lipinski definition) is 0.